The lowest BCUT2D eigenvalue weighted by Gasteiger charge is -2.30. The molecule has 0 saturated heterocycles. The van der Waals surface area contributed by atoms with Gasteiger partial charge in [0.15, 0.2) is 5.78 Å². The molecule has 0 radical (unpaired) electrons. The first-order chi connectivity index (χ1) is 11.0. The fraction of sp³-hybridized carbons (Fsp3) is 0.263. The number of primary amides is 1. The highest BCUT2D eigenvalue weighted by Crippen LogP contribution is 2.17. The Labute approximate surface area is 136 Å². The minimum Gasteiger partial charge on any atom is -0.370 e. The molecular weight excluding hydrogens is 288 g/mol. The molecule has 1 unspecified atom stereocenters. The molecule has 0 saturated carbocycles. The van der Waals surface area contributed by atoms with Crippen molar-refractivity contribution >= 4 is 11.7 Å². The molecule has 0 bridgehead atoms. The maximum absolute atomic E-state index is 12.3. The van der Waals surface area contributed by atoms with Crippen LogP contribution in [0.1, 0.15) is 29.3 Å². The number of ketones is 1. The molecule has 2 aromatic carbocycles. The van der Waals surface area contributed by atoms with E-state index in [0.29, 0.717) is 12.0 Å². The third kappa shape index (κ3) is 5.34. The molecule has 0 aromatic heterocycles. The van der Waals surface area contributed by atoms with Crippen molar-refractivity contribution in [1.29, 1.82) is 0 Å². The van der Waals surface area contributed by atoms with Gasteiger partial charge in [0.05, 0.1) is 6.54 Å². The number of rotatable bonds is 8. The fourth-order valence-electron chi connectivity index (χ4n) is 2.64. The van der Waals surface area contributed by atoms with Gasteiger partial charge in [-0.1, -0.05) is 60.7 Å². The van der Waals surface area contributed by atoms with Crippen LogP contribution >= 0.6 is 0 Å². The van der Waals surface area contributed by atoms with Gasteiger partial charge in [-0.2, -0.15) is 0 Å². The van der Waals surface area contributed by atoms with E-state index in [2.05, 4.69) is 5.32 Å². The van der Waals surface area contributed by atoms with Crippen LogP contribution in [0.25, 0.3) is 0 Å². The van der Waals surface area contributed by atoms with E-state index in [1.165, 1.54) is 0 Å². The van der Waals surface area contributed by atoms with Crippen molar-refractivity contribution in [2.24, 2.45) is 5.73 Å². The van der Waals surface area contributed by atoms with Crippen molar-refractivity contribution in [2.45, 2.75) is 25.3 Å². The van der Waals surface area contributed by atoms with Crippen LogP contribution in [0.5, 0.6) is 0 Å². The lowest BCUT2D eigenvalue weighted by molar-refractivity contribution is -0.119. The molecule has 0 spiro atoms. The zero-order chi connectivity index (χ0) is 16.7. The monoisotopic (exact) mass is 310 g/mol. The van der Waals surface area contributed by atoms with Gasteiger partial charge in [-0.3, -0.25) is 9.59 Å². The number of Topliss-reactive ketones (excluding diaryl/α,β-unsaturated/α-hetero) is 1. The van der Waals surface area contributed by atoms with Crippen LogP contribution in [0, 0.1) is 0 Å². The topological polar surface area (TPSA) is 72.2 Å². The molecule has 0 heterocycles. The maximum Gasteiger partial charge on any atom is 0.219 e. The second-order valence-corrected chi connectivity index (χ2v) is 6.01. The van der Waals surface area contributed by atoms with Gasteiger partial charge in [-0.25, -0.2) is 0 Å². The molecule has 3 N–H and O–H groups in total. The first kappa shape index (κ1) is 16.9. The summed E-state index contributed by atoms with van der Waals surface area (Å²) in [7, 11) is 0. The summed E-state index contributed by atoms with van der Waals surface area (Å²) in [5.74, 6) is -0.391. The van der Waals surface area contributed by atoms with Crippen molar-refractivity contribution < 1.29 is 9.59 Å². The second-order valence-electron chi connectivity index (χ2n) is 6.01. The zero-order valence-corrected chi connectivity index (χ0v) is 13.3. The summed E-state index contributed by atoms with van der Waals surface area (Å²) in [6, 6.07) is 19.0. The van der Waals surface area contributed by atoms with E-state index in [1.807, 2.05) is 55.5 Å². The standard InChI is InChI=1S/C19H22N2O2/c1-19(13-18(20)23,12-15-8-4-2-5-9-15)21-14-17(22)16-10-6-3-7-11-16/h2-11,21H,12-14H2,1H3,(H2,20,23). The molecule has 1 amide bonds. The largest absolute Gasteiger partial charge is 0.370 e. The average Bonchev–Trinajstić information content (AvgIpc) is 2.53. The molecule has 4 heteroatoms. The van der Waals surface area contributed by atoms with Crippen LogP contribution in [-0.2, 0) is 11.2 Å². The van der Waals surface area contributed by atoms with Gasteiger partial charge in [0, 0.05) is 17.5 Å². The smallest absolute Gasteiger partial charge is 0.219 e. The van der Waals surface area contributed by atoms with Crippen LogP contribution in [0.4, 0.5) is 0 Å². The Hall–Kier alpha value is -2.46. The predicted molar refractivity (Wildman–Crippen MR) is 91.1 cm³/mol. The van der Waals surface area contributed by atoms with Crippen molar-refractivity contribution in [3.63, 3.8) is 0 Å². The Morgan fingerprint density at radius 1 is 1.00 bits per heavy atom. The Balaban J connectivity index is 2.06. The number of carbonyl (C=O) groups is 2. The summed E-state index contributed by atoms with van der Waals surface area (Å²) in [6.45, 7) is 2.09. The molecule has 2 aromatic rings. The summed E-state index contributed by atoms with van der Waals surface area (Å²) in [6.07, 6.45) is 0.794. The maximum atomic E-state index is 12.3. The van der Waals surface area contributed by atoms with Gasteiger partial charge >= 0.3 is 0 Å². The Morgan fingerprint density at radius 3 is 2.13 bits per heavy atom. The number of nitrogens with two attached hydrogens (primary N) is 1. The lowest BCUT2D eigenvalue weighted by Crippen LogP contribution is -2.49. The van der Waals surface area contributed by atoms with E-state index < -0.39 is 5.54 Å². The first-order valence-corrected chi connectivity index (χ1v) is 7.64. The van der Waals surface area contributed by atoms with Crippen molar-refractivity contribution in [2.75, 3.05) is 6.54 Å². The summed E-state index contributed by atoms with van der Waals surface area (Å²) >= 11 is 0. The third-order valence-corrected chi connectivity index (χ3v) is 3.77. The number of carbonyl (C=O) groups excluding carboxylic acids is 2. The van der Waals surface area contributed by atoms with E-state index in [9.17, 15) is 9.59 Å². The minimum atomic E-state index is -0.558. The summed E-state index contributed by atoms with van der Waals surface area (Å²) in [5, 5.41) is 3.22. The second kappa shape index (κ2) is 7.70. The summed E-state index contributed by atoms with van der Waals surface area (Å²) in [5.41, 5.74) is 6.58. The van der Waals surface area contributed by atoms with Gasteiger partial charge in [0.2, 0.25) is 5.91 Å². The average molecular weight is 310 g/mol. The highest BCUT2D eigenvalue weighted by atomic mass is 16.1. The SMILES string of the molecule is CC(CC(N)=O)(Cc1ccccc1)NCC(=O)c1ccccc1. The van der Waals surface area contributed by atoms with Crippen molar-refractivity contribution in [3.8, 4) is 0 Å². The molecule has 0 fully saturated rings. The van der Waals surface area contributed by atoms with Crippen LogP contribution < -0.4 is 11.1 Å². The van der Waals surface area contributed by atoms with Gasteiger partial charge < -0.3 is 11.1 Å². The van der Waals surface area contributed by atoms with E-state index in [-0.39, 0.29) is 24.7 Å². The molecule has 120 valence electrons. The molecule has 23 heavy (non-hydrogen) atoms. The number of hydrogen-bond donors (Lipinski definition) is 2. The van der Waals surface area contributed by atoms with Crippen LogP contribution in [0.3, 0.4) is 0 Å². The van der Waals surface area contributed by atoms with Gasteiger partial charge in [-0.15, -0.1) is 0 Å². The van der Waals surface area contributed by atoms with Gasteiger partial charge in [0.25, 0.3) is 0 Å². The lowest BCUT2D eigenvalue weighted by atomic mass is 9.89. The molecule has 1 atom stereocenters. The van der Waals surface area contributed by atoms with Crippen LogP contribution in [-0.4, -0.2) is 23.8 Å². The van der Waals surface area contributed by atoms with E-state index in [1.54, 1.807) is 12.1 Å². The Kier molecular flexibility index (Phi) is 5.66. The van der Waals surface area contributed by atoms with E-state index in [0.717, 1.165) is 5.56 Å². The molecule has 0 aliphatic rings. The van der Waals surface area contributed by atoms with E-state index >= 15 is 0 Å². The predicted octanol–water partition coefficient (Wildman–Crippen LogP) is 2.34. The number of amides is 1. The fourth-order valence-corrected chi connectivity index (χ4v) is 2.64. The molecule has 0 aliphatic heterocycles. The van der Waals surface area contributed by atoms with Gasteiger partial charge in [0.1, 0.15) is 0 Å². The quantitative estimate of drug-likeness (QED) is 0.735. The molecule has 2 rings (SSSR count). The van der Waals surface area contributed by atoms with E-state index in [4.69, 9.17) is 5.73 Å². The Morgan fingerprint density at radius 2 is 1.57 bits per heavy atom. The summed E-state index contributed by atoms with van der Waals surface area (Å²) in [4.78, 5) is 23.7. The first-order valence-electron chi connectivity index (χ1n) is 7.64. The highest BCUT2D eigenvalue weighted by molar-refractivity contribution is 5.97. The molecule has 0 aliphatic carbocycles. The van der Waals surface area contributed by atoms with Crippen LogP contribution in [0.15, 0.2) is 60.7 Å². The number of benzene rings is 2. The number of hydrogen-bond acceptors (Lipinski definition) is 3. The molecular formula is C19H22N2O2. The summed E-state index contributed by atoms with van der Waals surface area (Å²) < 4.78 is 0. The van der Waals surface area contributed by atoms with Crippen molar-refractivity contribution in [3.05, 3.63) is 71.8 Å². The Bertz CT molecular complexity index is 656. The van der Waals surface area contributed by atoms with Crippen molar-refractivity contribution in [1.82, 2.24) is 5.32 Å². The zero-order valence-electron chi connectivity index (χ0n) is 13.3. The highest BCUT2D eigenvalue weighted by Gasteiger charge is 2.27. The normalized spacial score (nSPS) is 13.3. The third-order valence-electron chi connectivity index (χ3n) is 3.77. The number of nitrogens with one attached hydrogen (secondary N) is 1. The minimum absolute atomic E-state index is 0.00522. The van der Waals surface area contributed by atoms with Crippen LogP contribution in [0.2, 0.25) is 0 Å². The molecule has 4 nitrogen and oxygen atoms in total. The van der Waals surface area contributed by atoms with Gasteiger partial charge in [-0.05, 0) is 18.9 Å².